The number of nitrogens with one attached hydrogen (secondary N) is 1. The van der Waals surface area contributed by atoms with Crippen LogP contribution >= 0.6 is 0 Å². The van der Waals surface area contributed by atoms with Crippen LogP contribution < -0.4 is 5.32 Å². The van der Waals surface area contributed by atoms with Crippen molar-refractivity contribution < 1.29 is 4.52 Å². The Kier molecular flexibility index (Phi) is 1.13. The van der Waals surface area contributed by atoms with Crippen LogP contribution in [0.2, 0.25) is 0 Å². The van der Waals surface area contributed by atoms with E-state index >= 15 is 0 Å². The Morgan fingerprint density at radius 1 is 1.70 bits per heavy atom. The lowest BCUT2D eigenvalue weighted by Crippen LogP contribution is -2.15. The first kappa shape index (κ1) is 5.40. The molecule has 1 N–H and O–H groups in total. The maximum atomic E-state index is 4.57. The van der Waals surface area contributed by atoms with Gasteiger partial charge in [-0.25, -0.2) is 0 Å². The molecule has 5 nitrogen and oxygen atoms in total. The second-order valence-corrected chi connectivity index (χ2v) is 2.04. The van der Waals surface area contributed by atoms with Crippen LogP contribution in [0.5, 0.6) is 0 Å². The van der Waals surface area contributed by atoms with Crippen LogP contribution in [0.15, 0.2) is 15.8 Å². The van der Waals surface area contributed by atoms with Crippen molar-refractivity contribution in [1.82, 2.24) is 15.7 Å². The van der Waals surface area contributed by atoms with Gasteiger partial charge in [0.25, 0.3) is 0 Å². The summed E-state index contributed by atoms with van der Waals surface area (Å²) in [6, 6.07) is 0.159. The Labute approximate surface area is 57.1 Å². The lowest BCUT2D eigenvalue weighted by Gasteiger charge is -2.01. The number of rotatable bonds is 1. The minimum Gasteiger partial charge on any atom is -0.366 e. The van der Waals surface area contributed by atoms with Crippen molar-refractivity contribution in [2.24, 2.45) is 4.99 Å². The van der Waals surface area contributed by atoms with Gasteiger partial charge in [0.2, 0.25) is 0 Å². The van der Waals surface area contributed by atoms with E-state index in [2.05, 4.69) is 25.2 Å². The van der Waals surface area contributed by atoms with E-state index in [1.807, 2.05) is 0 Å². The molecule has 1 aliphatic rings. The molecule has 0 saturated heterocycles. The number of hydrogen-bond acceptors (Lipinski definition) is 5. The average Bonchev–Trinajstić information content (AvgIpc) is 2.59. The van der Waals surface area contributed by atoms with E-state index in [1.54, 1.807) is 6.34 Å². The molecule has 0 amide bonds. The summed E-state index contributed by atoms with van der Waals surface area (Å²) in [5.41, 5.74) is 0.803. The first-order valence-corrected chi connectivity index (χ1v) is 2.98. The third-order valence-electron chi connectivity index (χ3n) is 1.39. The molecule has 1 atom stereocenters. The fourth-order valence-corrected chi connectivity index (χ4v) is 0.856. The Hall–Kier alpha value is -1.39. The third-order valence-corrected chi connectivity index (χ3v) is 1.39. The molecular formula is C5H6N4O. The topological polar surface area (TPSA) is 63.3 Å². The molecule has 1 aromatic rings. The number of nitrogens with zero attached hydrogens (tertiary/aromatic N) is 3. The summed E-state index contributed by atoms with van der Waals surface area (Å²) in [5.74, 6) is 0. The van der Waals surface area contributed by atoms with Crippen molar-refractivity contribution in [1.29, 1.82) is 0 Å². The molecule has 1 unspecified atom stereocenters. The van der Waals surface area contributed by atoms with Gasteiger partial charge in [0.05, 0.1) is 18.9 Å². The molecule has 5 heteroatoms. The highest BCUT2D eigenvalue weighted by Crippen LogP contribution is 2.10. The number of aromatic nitrogens is 2. The molecule has 0 radical (unpaired) electrons. The Bertz CT molecular complexity index is 222. The summed E-state index contributed by atoms with van der Waals surface area (Å²) < 4.78 is 4.57. The molecule has 52 valence electrons. The highest BCUT2D eigenvalue weighted by atomic mass is 16.5. The van der Waals surface area contributed by atoms with Crippen LogP contribution in [0, 0.1) is 0 Å². The zero-order valence-corrected chi connectivity index (χ0v) is 5.19. The highest BCUT2D eigenvalue weighted by Gasteiger charge is 2.15. The van der Waals surface area contributed by atoms with Gasteiger partial charge in [-0.05, 0) is 0 Å². The van der Waals surface area contributed by atoms with Crippen molar-refractivity contribution >= 4 is 6.34 Å². The molecule has 1 aliphatic heterocycles. The van der Waals surface area contributed by atoms with Crippen molar-refractivity contribution in [3.63, 3.8) is 0 Å². The third kappa shape index (κ3) is 0.754. The second-order valence-electron chi connectivity index (χ2n) is 2.04. The van der Waals surface area contributed by atoms with Gasteiger partial charge in [-0.15, -0.1) is 5.10 Å². The highest BCUT2D eigenvalue weighted by molar-refractivity contribution is 5.57. The zero-order chi connectivity index (χ0) is 6.81. The first-order valence-electron chi connectivity index (χ1n) is 2.98. The fourth-order valence-electron chi connectivity index (χ4n) is 0.856. The SMILES string of the molecule is C1=NCC(c2conn2)N1. The molecule has 2 heterocycles. The van der Waals surface area contributed by atoms with E-state index < -0.39 is 0 Å². The van der Waals surface area contributed by atoms with Gasteiger partial charge in [0, 0.05) is 5.27 Å². The molecular weight excluding hydrogens is 132 g/mol. The minimum atomic E-state index is 0.159. The van der Waals surface area contributed by atoms with Crippen molar-refractivity contribution in [3.05, 3.63) is 12.0 Å². The van der Waals surface area contributed by atoms with Gasteiger partial charge >= 0.3 is 0 Å². The minimum absolute atomic E-state index is 0.159. The largest absolute Gasteiger partial charge is 0.366 e. The van der Waals surface area contributed by atoms with Crippen LogP contribution in [0.4, 0.5) is 0 Å². The molecule has 0 fully saturated rings. The van der Waals surface area contributed by atoms with Crippen LogP contribution in [0.3, 0.4) is 0 Å². The standard InChI is InChI=1S/C5H6N4O/c1-4(7-3-6-1)5-2-10-9-8-5/h2-4H,1H2,(H,6,7). The van der Waals surface area contributed by atoms with Crippen molar-refractivity contribution in [3.8, 4) is 0 Å². The average molecular weight is 138 g/mol. The molecule has 0 aliphatic carbocycles. The van der Waals surface area contributed by atoms with E-state index in [9.17, 15) is 0 Å². The monoisotopic (exact) mass is 138 g/mol. The summed E-state index contributed by atoms with van der Waals surface area (Å²) in [6.45, 7) is 0.716. The van der Waals surface area contributed by atoms with Gasteiger partial charge in [-0.3, -0.25) is 4.99 Å². The lowest BCUT2D eigenvalue weighted by atomic mass is 10.2. The van der Waals surface area contributed by atoms with Gasteiger partial charge < -0.3 is 9.84 Å². The zero-order valence-electron chi connectivity index (χ0n) is 5.19. The summed E-state index contributed by atoms with van der Waals surface area (Å²) in [6.07, 6.45) is 3.19. The molecule has 0 bridgehead atoms. The maximum Gasteiger partial charge on any atom is 0.149 e. The second kappa shape index (κ2) is 2.09. The molecule has 0 spiro atoms. The Morgan fingerprint density at radius 3 is 3.30 bits per heavy atom. The van der Waals surface area contributed by atoms with Crippen LogP contribution in [-0.4, -0.2) is 23.3 Å². The fraction of sp³-hybridized carbons (Fsp3) is 0.400. The van der Waals surface area contributed by atoms with E-state index in [1.165, 1.54) is 6.26 Å². The molecule has 2 rings (SSSR count). The predicted molar refractivity (Wildman–Crippen MR) is 33.5 cm³/mol. The van der Waals surface area contributed by atoms with Gasteiger partial charge in [0.15, 0.2) is 0 Å². The van der Waals surface area contributed by atoms with Crippen molar-refractivity contribution in [2.45, 2.75) is 6.04 Å². The molecule has 10 heavy (non-hydrogen) atoms. The summed E-state index contributed by atoms with van der Waals surface area (Å²) in [5, 5.41) is 10.1. The summed E-state index contributed by atoms with van der Waals surface area (Å²) in [7, 11) is 0. The first-order chi connectivity index (χ1) is 4.97. The lowest BCUT2D eigenvalue weighted by molar-refractivity contribution is 0.392. The Balaban J connectivity index is 2.14. The van der Waals surface area contributed by atoms with Crippen molar-refractivity contribution in [2.75, 3.05) is 6.54 Å². The summed E-state index contributed by atoms with van der Waals surface area (Å²) >= 11 is 0. The summed E-state index contributed by atoms with van der Waals surface area (Å²) in [4.78, 5) is 3.98. The normalized spacial score (nSPS) is 23.0. The van der Waals surface area contributed by atoms with E-state index in [-0.39, 0.29) is 6.04 Å². The number of aliphatic imine (C=N–C) groups is 1. The molecule has 0 saturated carbocycles. The van der Waals surface area contributed by atoms with Crippen LogP contribution in [-0.2, 0) is 0 Å². The van der Waals surface area contributed by atoms with Gasteiger partial charge in [-0.2, -0.15) is 0 Å². The number of hydrogen-bond donors (Lipinski definition) is 1. The van der Waals surface area contributed by atoms with Crippen LogP contribution in [0.1, 0.15) is 11.7 Å². The quantitative estimate of drug-likeness (QED) is 0.580. The Morgan fingerprint density at radius 2 is 2.70 bits per heavy atom. The van der Waals surface area contributed by atoms with E-state index in [0.717, 1.165) is 5.69 Å². The predicted octanol–water partition coefficient (Wildman–Crippen LogP) is -0.258. The molecule has 1 aromatic heterocycles. The maximum absolute atomic E-state index is 4.57. The van der Waals surface area contributed by atoms with E-state index in [0.29, 0.717) is 6.54 Å². The van der Waals surface area contributed by atoms with E-state index in [4.69, 9.17) is 0 Å². The smallest absolute Gasteiger partial charge is 0.149 e. The van der Waals surface area contributed by atoms with Crippen LogP contribution in [0.25, 0.3) is 0 Å². The van der Waals surface area contributed by atoms with Gasteiger partial charge in [0.1, 0.15) is 12.0 Å². The van der Waals surface area contributed by atoms with Gasteiger partial charge in [-0.1, -0.05) is 0 Å². The molecule has 0 aromatic carbocycles.